The number of hydrogen-bond donors (Lipinski definition) is 1. The molecular weight excluding hydrogens is 442 g/mol. The first kappa shape index (κ1) is 23.2. The maximum absolute atomic E-state index is 12.4. The molecule has 1 fully saturated rings. The summed E-state index contributed by atoms with van der Waals surface area (Å²) in [5.74, 6) is -0.0758. The molecule has 6 nitrogen and oxygen atoms in total. The van der Waals surface area contributed by atoms with Crippen LogP contribution in [0.1, 0.15) is 37.3 Å². The summed E-state index contributed by atoms with van der Waals surface area (Å²) in [7, 11) is -1.92. The number of carbonyl (C=O) groups is 1. The number of amides is 1. The van der Waals surface area contributed by atoms with Crippen LogP contribution in [0, 0.1) is 0 Å². The van der Waals surface area contributed by atoms with Gasteiger partial charge in [-0.25, -0.2) is 12.7 Å². The molecule has 3 rings (SSSR count). The summed E-state index contributed by atoms with van der Waals surface area (Å²) in [6, 6.07) is 11.1. The summed E-state index contributed by atoms with van der Waals surface area (Å²) in [4.78, 5) is 14.8. The molecule has 1 atom stereocenters. The minimum absolute atomic E-state index is 0.0482. The Hall–Kier alpha value is -1.45. The van der Waals surface area contributed by atoms with Gasteiger partial charge in [-0.2, -0.15) is 0 Å². The lowest BCUT2D eigenvalue weighted by molar-refractivity contribution is -0.121. The van der Waals surface area contributed by atoms with E-state index in [9.17, 15) is 13.2 Å². The van der Waals surface area contributed by atoms with Crippen LogP contribution >= 0.6 is 22.9 Å². The molecule has 0 bridgehead atoms. The molecule has 0 radical (unpaired) electrons. The van der Waals surface area contributed by atoms with Crippen LogP contribution in [0.15, 0.2) is 46.0 Å². The summed E-state index contributed by atoms with van der Waals surface area (Å²) in [5, 5.41) is 5.47. The average Bonchev–Trinajstić information content (AvgIpc) is 3.44. The number of thiophene rings is 1. The first-order valence-electron chi connectivity index (χ1n) is 10.1. The number of nitrogens with zero attached hydrogens (tertiary/aromatic N) is 2. The van der Waals surface area contributed by atoms with Gasteiger partial charge in [-0.1, -0.05) is 35.9 Å². The van der Waals surface area contributed by atoms with Crippen molar-refractivity contribution in [2.24, 2.45) is 0 Å². The van der Waals surface area contributed by atoms with Crippen molar-refractivity contribution in [3.05, 3.63) is 52.4 Å². The lowest BCUT2D eigenvalue weighted by Crippen LogP contribution is -2.37. The van der Waals surface area contributed by atoms with Gasteiger partial charge in [-0.05, 0) is 55.4 Å². The lowest BCUT2D eigenvalue weighted by atomic mass is 10.1. The number of halogens is 1. The van der Waals surface area contributed by atoms with Crippen LogP contribution in [0.2, 0.25) is 5.02 Å². The predicted molar refractivity (Wildman–Crippen MR) is 121 cm³/mol. The fourth-order valence-electron chi connectivity index (χ4n) is 3.68. The molecule has 1 saturated heterocycles. The van der Waals surface area contributed by atoms with E-state index < -0.39 is 10.0 Å². The van der Waals surface area contributed by atoms with E-state index in [0.717, 1.165) is 31.5 Å². The van der Waals surface area contributed by atoms with Crippen molar-refractivity contribution in [1.29, 1.82) is 0 Å². The number of nitrogens with one attached hydrogen (secondary N) is 1. The zero-order chi connectivity index (χ0) is 21.6. The summed E-state index contributed by atoms with van der Waals surface area (Å²) < 4.78 is 26.5. The number of carbonyl (C=O) groups excluding carboxylic acids is 1. The molecule has 0 spiro atoms. The van der Waals surface area contributed by atoms with Crippen molar-refractivity contribution < 1.29 is 13.2 Å². The van der Waals surface area contributed by atoms with Gasteiger partial charge in [0.15, 0.2) is 0 Å². The number of benzene rings is 1. The normalized spacial score (nSPS) is 16.1. The molecule has 164 valence electrons. The summed E-state index contributed by atoms with van der Waals surface area (Å²) in [6.07, 6.45) is 3.05. The third kappa shape index (κ3) is 5.82. The van der Waals surface area contributed by atoms with Crippen molar-refractivity contribution >= 4 is 38.9 Å². The van der Waals surface area contributed by atoms with Gasteiger partial charge in [0.1, 0.15) is 4.21 Å². The standard InChI is InChI=1S/C21H28ClN3O3S2/c1-24(30(27,28)21-11-7-15-29-21)12-6-10-20(26)23-16-19(25-13-4-5-14-25)17-8-2-3-9-18(17)22/h2-3,7-9,11,15,19H,4-6,10,12-14,16H2,1H3,(H,23,26)/t19-/m0/s1. The van der Waals surface area contributed by atoms with Crippen molar-refractivity contribution in [3.8, 4) is 0 Å². The number of likely N-dealkylation sites (tertiary alicyclic amines) is 1. The third-order valence-electron chi connectivity index (χ3n) is 5.37. The second-order valence-electron chi connectivity index (χ2n) is 7.45. The zero-order valence-electron chi connectivity index (χ0n) is 17.1. The molecule has 0 saturated carbocycles. The monoisotopic (exact) mass is 469 g/mol. The van der Waals surface area contributed by atoms with Crippen LogP contribution in [0.25, 0.3) is 0 Å². The van der Waals surface area contributed by atoms with Gasteiger partial charge in [0.2, 0.25) is 5.91 Å². The molecule has 2 heterocycles. The number of sulfonamides is 1. The highest BCUT2D eigenvalue weighted by atomic mass is 35.5. The molecule has 1 amide bonds. The molecule has 1 aliphatic heterocycles. The molecule has 1 N–H and O–H groups in total. The quantitative estimate of drug-likeness (QED) is 0.575. The molecule has 0 unspecified atom stereocenters. The molecule has 0 aliphatic carbocycles. The maximum atomic E-state index is 12.4. The van der Waals surface area contributed by atoms with Crippen molar-refractivity contribution in [2.45, 2.75) is 35.9 Å². The molecule has 1 aromatic carbocycles. The van der Waals surface area contributed by atoms with Gasteiger partial charge in [-0.3, -0.25) is 9.69 Å². The van der Waals surface area contributed by atoms with Gasteiger partial charge in [0, 0.05) is 31.6 Å². The molecule has 1 aromatic heterocycles. The predicted octanol–water partition coefficient (Wildman–Crippen LogP) is 3.76. The van der Waals surface area contributed by atoms with Gasteiger partial charge in [0.25, 0.3) is 10.0 Å². The van der Waals surface area contributed by atoms with Crippen LogP contribution < -0.4 is 5.32 Å². The topological polar surface area (TPSA) is 69.7 Å². The van der Waals surface area contributed by atoms with E-state index in [1.807, 2.05) is 24.3 Å². The van der Waals surface area contributed by atoms with Crippen LogP contribution in [0.4, 0.5) is 0 Å². The van der Waals surface area contributed by atoms with Gasteiger partial charge in [-0.15, -0.1) is 11.3 Å². The first-order chi connectivity index (χ1) is 14.4. The summed E-state index contributed by atoms with van der Waals surface area (Å²) >= 11 is 7.61. The summed E-state index contributed by atoms with van der Waals surface area (Å²) in [6.45, 7) is 2.79. The van der Waals surface area contributed by atoms with Crippen LogP contribution in [0.5, 0.6) is 0 Å². The van der Waals surface area contributed by atoms with E-state index >= 15 is 0 Å². The SMILES string of the molecule is CN(CCCC(=O)NC[C@@H](c1ccccc1Cl)N1CCCC1)S(=O)(=O)c1cccs1. The van der Waals surface area contributed by atoms with E-state index in [2.05, 4.69) is 10.2 Å². The first-order valence-corrected chi connectivity index (χ1v) is 12.8. The van der Waals surface area contributed by atoms with E-state index in [1.165, 1.54) is 15.6 Å². The largest absolute Gasteiger partial charge is 0.354 e. The zero-order valence-corrected chi connectivity index (χ0v) is 19.5. The molecular formula is C21H28ClN3O3S2. The maximum Gasteiger partial charge on any atom is 0.252 e. The molecule has 9 heteroatoms. The van der Waals surface area contributed by atoms with Gasteiger partial charge >= 0.3 is 0 Å². The fraction of sp³-hybridized carbons (Fsp3) is 0.476. The van der Waals surface area contributed by atoms with Crippen molar-refractivity contribution in [1.82, 2.24) is 14.5 Å². The van der Waals surface area contributed by atoms with E-state index in [0.29, 0.717) is 28.7 Å². The lowest BCUT2D eigenvalue weighted by Gasteiger charge is -2.29. The van der Waals surface area contributed by atoms with Gasteiger partial charge in [0.05, 0.1) is 6.04 Å². The second-order valence-corrected chi connectivity index (χ2v) is 11.1. The Morgan fingerprint density at radius 2 is 1.97 bits per heavy atom. The minimum atomic E-state index is -3.47. The third-order valence-corrected chi connectivity index (χ3v) is 8.95. The Morgan fingerprint density at radius 3 is 2.63 bits per heavy atom. The Balaban J connectivity index is 1.50. The molecule has 1 aliphatic rings. The Kier molecular flexibility index (Phi) is 8.30. The highest BCUT2D eigenvalue weighted by Crippen LogP contribution is 2.29. The summed E-state index contributed by atoms with van der Waals surface area (Å²) in [5.41, 5.74) is 1.03. The van der Waals surface area contributed by atoms with Crippen LogP contribution in [-0.2, 0) is 14.8 Å². The van der Waals surface area contributed by atoms with Crippen molar-refractivity contribution in [3.63, 3.8) is 0 Å². The Labute approximate surface area is 187 Å². The van der Waals surface area contributed by atoms with Crippen molar-refractivity contribution in [2.75, 3.05) is 33.2 Å². The number of rotatable bonds is 10. The molecule has 2 aromatic rings. The highest BCUT2D eigenvalue weighted by Gasteiger charge is 2.26. The van der Waals surface area contributed by atoms with Crippen LogP contribution in [-0.4, -0.2) is 56.8 Å². The van der Waals surface area contributed by atoms with E-state index in [1.54, 1.807) is 24.6 Å². The molecule has 30 heavy (non-hydrogen) atoms. The number of hydrogen-bond acceptors (Lipinski definition) is 5. The van der Waals surface area contributed by atoms with Gasteiger partial charge < -0.3 is 5.32 Å². The minimum Gasteiger partial charge on any atom is -0.354 e. The fourth-order valence-corrected chi connectivity index (χ4v) is 6.35. The van der Waals surface area contributed by atoms with E-state index in [-0.39, 0.29) is 18.4 Å². The Morgan fingerprint density at radius 1 is 1.23 bits per heavy atom. The Bertz CT molecular complexity index is 929. The average molecular weight is 470 g/mol. The second kappa shape index (κ2) is 10.7. The van der Waals surface area contributed by atoms with E-state index in [4.69, 9.17) is 11.6 Å². The van der Waals surface area contributed by atoms with Crippen LogP contribution in [0.3, 0.4) is 0 Å². The smallest absolute Gasteiger partial charge is 0.252 e. The highest BCUT2D eigenvalue weighted by molar-refractivity contribution is 7.91.